The van der Waals surface area contributed by atoms with Crippen molar-refractivity contribution in [3.05, 3.63) is 29.7 Å². The molecule has 0 aromatic carbocycles. The lowest BCUT2D eigenvalue weighted by Crippen LogP contribution is -2.38. The first kappa shape index (κ1) is 20.2. The zero-order valence-electron chi connectivity index (χ0n) is 16.3. The molecule has 26 heavy (non-hydrogen) atoms. The lowest BCUT2D eigenvalue weighted by Gasteiger charge is -2.16. The van der Waals surface area contributed by atoms with Crippen molar-refractivity contribution in [2.45, 2.75) is 59.4 Å². The second-order valence-electron chi connectivity index (χ2n) is 7.14. The van der Waals surface area contributed by atoms with E-state index in [1.807, 2.05) is 25.3 Å². The average molecular weight is 361 g/mol. The Bertz CT molecular complexity index is 724. The van der Waals surface area contributed by atoms with E-state index in [1.54, 1.807) is 4.40 Å². The fourth-order valence-electron chi connectivity index (χ4n) is 2.86. The molecule has 0 saturated heterocycles. The van der Waals surface area contributed by atoms with Crippen LogP contribution in [0.4, 0.5) is 0 Å². The van der Waals surface area contributed by atoms with E-state index in [9.17, 15) is 9.90 Å². The molecule has 6 heteroatoms. The summed E-state index contributed by atoms with van der Waals surface area (Å²) in [5.74, 6) is 1.03. The third kappa shape index (κ3) is 4.97. The first-order valence-corrected chi connectivity index (χ1v) is 9.50. The molecule has 2 rings (SSSR count). The predicted octanol–water partition coefficient (Wildman–Crippen LogP) is 3.35. The molecular weight excluding hydrogens is 330 g/mol. The van der Waals surface area contributed by atoms with E-state index in [0.29, 0.717) is 35.3 Å². The monoisotopic (exact) mass is 361 g/mol. The van der Waals surface area contributed by atoms with Gasteiger partial charge in [0.15, 0.2) is 11.4 Å². The number of pyridine rings is 1. The van der Waals surface area contributed by atoms with E-state index >= 15 is 0 Å². The van der Waals surface area contributed by atoms with Gasteiger partial charge in [0.2, 0.25) is 0 Å². The molecule has 6 nitrogen and oxygen atoms in total. The molecule has 2 N–H and O–H groups in total. The third-order valence-electron chi connectivity index (χ3n) is 4.42. The van der Waals surface area contributed by atoms with Gasteiger partial charge in [0.25, 0.3) is 5.91 Å². The zero-order chi connectivity index (χ0) is 19.1. The minimum absolute atomic E-state index is 0.0644. The molecule has 0 saturated carbocycles. The van der Waals surface area contributed by atoms with Crippen LogP contribution in [0.5, 0.6) is 5.75 Å². The number of ether oxygens (including phenoxy) is 1. The molecule has 0 aliphatic heterocycles. The molecule has 2 aromatic heterocycles. The van der Waals surface area contributed by atoms with Crippen molar-refractivity contribution in [1.82, 2.24) is 14.7 Å². The second kappa shape index (κ2) is 9.57. The van der Waals surface area contributed by atoms with Crippen molar-refractivity contribution in [2.75, 3.05) is 13.2 Å². The van der Waals surface area contributed by atoms with Crippen molar-refractivity contribution in [2.24, 2.45) is 5.92 Å². The summed E-state index contributed by atoms with van der Waals surface area (Å²) in [6, 6.07) is 3.50. The van der Waals surface area contributed by atoms with Gasteiger partial charge >= 0.3 is 0 Å². The Morgan fingerprint density at radius 3 is 2.81 bits per heavy atom. The lowest BCUT2D eigenvalue weighted by atomic mass is 10.1. The van der Waals surface area contributed by atoms with Crippen molar-refractivity contribution in [1.29, 1.82) is 0 Å². The van der Waals surface area contributed by atoms with Gasteiger partial charge in [-0.3, -0.25) is 9.20 Å². The van der Waals surface area contributed by atoms with Crippen LogP contribution in [-0.4, -0.2) is 39.7 Å². The van der Waals surface area contributed by atoms with Gasteiger partial charge in [-0.15, -0.1) is 0 Å². The number of hydrogen-bond donors (Lipinski definition) is 2. The van der Waals surface area contributed by atoms with Gasteiger partial charge in [-0.1, -0.05) is 33.6 Å². The zero-order valence-corrected chi connectivity index (χ0v) is 16.3. The summed E-state index contributed by atoms with van der Waals surface area (Å²) in [6.45, 7) is 8.77. The smallest absolute Gasteiger partial charge is 0.270 e. The van der Waals surface area contributed by atoms with Crippen LogP contribution in [0, 0.1) is 12.8 Å². The Morgan fingerprint density at radius 2 is 2.15 bits per heavy atom. The van der Waals surface area contributed by atoms with Crippen LogP contribution in [0.1, 0.15) is 62.6 Å². The molecule has 0 aliphatic carbocycles. The molecular formula is C20H31N3O3. The average Bonchev–Trinajstić information content (AvgIpc) is 2.95. The SMILES string of the molecule is CCCCC(CO)NC(=O)c1c(C)nc2c(OCCC(C)C)cccn12. The highest BCUT2D eigenvalue weighted by molar-refractivity contribution is 5.95. The summed E-state index contributed by atoms with van der Waals surface area (Å²) in [6.07, 6.45) is 5.53. The molecule has 0 fully saturated rings. The van der Waals surface area contributed by atoms with Crippen molar-refractivity contribution in [3.63, 3.8) is 0 Å². The maximum atomic E-state index is 12.8. The number of fused-ring (bicyclic) bond motifs is 1. The summed E-state index contributed by atoms with van der Waals surface area (Å²) in [7, 11) is 0. The van der Waals surface area contributed by atoms with Gasteiger partial charge in [0, 0.05) is 6.20 Å². The highest BCUT2D eigenvalue weighted by Crippen LogP contribution is 2.22. The molecule has 0 radical (unpaired) electrons. The van der Waals surface area contributed by atoms with E-state index in [2.05, 4.69) is 31.1 Å². The van der Waals surface area contributed by atoms with Crippen molar-refractivity contribution in [3.8, 4) is 5.75 Å². The number of nitrogens with zero attached hydrogens (tertiary/aromatic N) is 2. The highest BCUT2D eigenvalue weighted by Gasteiger charge is 2.21. The molecule has 144 valence electrons. The Hall–Kier alpha value is -2.08. The summed E-state index contributed by atoms with van der Waals surface area (Å²) in [4.78, 5) is 17.3. The third-order valence-corrected chi connectivity index (χ3v) is 4.42. The predicted molar refractivity (Wildman–Crippen MR) is 103 cm³/mol. The van der Waals surface area contributed by atoms with Crippen LogP contribution < -0.4 is 10.1 Å². The number of aliphatic hydroxyl groups is 1. The molecule has 1 amide bonds. The molecule has 1 unspecified atom stereocenters. The molecule has 1 atom stereocenters. The van der Waals surface area contributed by atoms with Crippen molar-refractivity contribution >= 4 is 11.6 Å². The van der Waals surface area contributed by atoms with E-state index in [1.165, 1.54) is 0 Å². The highest BCUT2D eigenvalue weighted by atomic mass is 16.5. The molecule has 2 aromatic rings. The maximum Gasteiger partial charge on any atom is 0.270 e. The molecule has 0 bridgehead atoms. The Balaban J connectivity index is 2.22. The normalized spacial score (nSPS) is 12.5. The first-order valence-electron chi connectivity index (χ1n) is 9.50. The number of aliphatic hydroxyl groups excluding tert-OH is 1. The quantitative estimate of drug-likeness (QED) is 0.680. The number of aromatic nitrogens is 2. The van der Waals surface area contributed by atoms with E-state index in [0.717, 1.165) is 25.7 Å². The molecule has 2 heterocycles. The van der Waals surface area contributed by atoms with Crippen LogP contribution >= 0.6 is 0 Å². The number of carbonyl (C=O) groups excluding carboxylic acids is 1. The number of unbranched alkanes of at least 4 members (excludes halogenated alkanes) is 1. The Labute approximate surface area is 155 Å². The van der Waals surface area contributed by atoms with Gasteiger partial charge in [-0.05, 0) is 37.8 Å². The minimum atomic E-state index is -0.238. The number of imidazole rings is 1. The van der Waals surface area contributed by atoms with Crippen LogP contribution in [0.3, 0.4) is 0 Å². The van der Waals surface area contributed by atoms with E-state index in [4.69, 9.17) is 4.74 Å². The van der Waals surface area contributed by atoms with Crippen LogP contribution in [0.25, 0.3) is 5.65 Å². The standard InChI is InChI=1S/C20H31N3O3/c1-5-6-8-16(13-24)22-20(25)18-15(4)21-19-17(9-7-11-23(18)19)26-12-10-14(2)3/h7,9,11,14,16,24H,5-6,8,10,12-13H2,1-4H3,(H,22,25). The van der Waals surface area contributed by atoms with Crippen molar-refractivity contribution < 1.29 is 14.6 Å². The van der Waals surface area contributed by atoms with Crippen LogP contribution in [0.15, 0.2) is 18.3 Å². The summed E-state index contributed by atoms with van der Waals surface area (Å²) < 4.78 is 7.65. The fourth-order valence-corrected chi connectivity index (χ4v) is 2.86. The van der Waals surface area contributed by atoms with Crippen LogP contribution in [-0.2, 0) is 0 Å². The van der Waals surface area contributed by atoms with Gasteiger partial charge in [0.05, 0.1) is 24.9 Å². The lowest BCUT2D eigenvalue weighted by molar-refractivity contribution is 0.0905. The van der Waals surface area contributed by atoms with Gasteiger partial charge in [0.1, 0.15) is 5.69 Å². The van der Waals surface area contributed by atoms with E-state index < -0.39 is 0 Å². The van der Waals surface area contributed by atoms with E-state index in [-0.39, 0.29) is 18.6 Å². The van der Waals surface area contributed by atoms with Crippen LogP contribution in [0.2, 0.25) is 0 Å². The maximum absolute atomic E-state index is 12.8. The molecule has 0 aliphatic rings. The van der Waals surface area contributed by atoms with Gasteiger partial charge in [-0.25, -0.2) is 4.98 Å². The molecule has 0 spiro atoms. The number of rotatable bonds is 10. The number of carbonyl (C=O) groups is 1. The Kier molecular flexibility index (Phi) is 7.45. The number of nitrogens with one attached hydrogen (secondary N) is 1. The first-order chi connectivity index (χ1) is 12.5. The number of hydrogen-bond acceptors (Lipinski definition) is 4. The number of aryl methyl sites for hydroxylation is 1. The number of amides is 1. The largest absolute Gasteiger partial charge is 0.490 e. The van der Waals surface area contributed by atoms with Gasteiger partial charge < -0.3 is 15.2 Å². The summed E-state index contributed by atoms with van der Waals surface area (Å²) in [5, 5.41) is 12.4. The van der Waals surface area contributed by atoms with Gasteiger partial charge in [-0.2, -0.15) is 0 Å². The summed E-state index contributed by atoms with van der Waals surface area (Å²) in [5.41, 5.74) is 1.78. The Morgan fingerprint density at radius 1 is 1.38 bits per heavy atom. The fraction of sp³-hybridized carbons (Fsp3) is 0.600. The summed E-state index contributed by atoms with van der Waals surface area (Å²) >= 11 is 0. The topological polar surface area (TPSA) is 75.9 Å². The minimum Gasteiger partial charge on any atom is -0.490 e. The second-order valence-corrected chi connectivity index (χ2v) is 7.14.